The third-order valence-electron chi connectivity index (χ3n) is 2.90. The van der Waals surface area contributed by atoms with Crippen LogP contribution >= 0.6 is 15.9 Å². The first-order valence-corrected chi connectivity index (χ1v) is 7.00. The molecule has 0 radical (unpaired) electrons. The number of nitrogen functional groups attached to an aromatic ring is 1. The van der Waals surface area contributed by atoms with Gasteiger partial charge >= 0.3 is 0 Å². The van der Waals surface area contributed by atoms with Gasteiger partial charge in [-0.25, -0.2) is 4.39 Å². The Morgan fingerprint density at radius 2 is 1.95 bits per heavy atom. The lowest BCUT2D eigenvalue weighted by molar-refractivity contribution is 0.622. The van der Waals surface area contributed by atoms with Gasteiger partial charge in [0.05, 0.1) is 15.8 Å². The molecule has 4 heteroatoms. The first-order chi connectivity index (χ1) is 9.11. The molecule has 0 spiro atoms. The molecule has 0 heterocycles. The normalized spacial score (nSPS) is 10.5. The molecule has 0 amide bonds. The van der Waals surface area contributed by atoms with Crippen LogP contribution in [0.4, 0.5) is 21.5 Å². The summed E-state index contributed by atoms with van der Waals surface area (Å²) in [6.45, 7) is 2.14. The van der Waals surface area contributed by atoms with Gasteiger partial charge in [-0.05, 0) is 40.0 Å². The van der Waals surface area contributed by atoms with Crippen LogP contribution in [-0.4, -0.2) is 0 Å². The van der Waals surface area contributed by atoms with Gasteiger partial charge in [-0.3, -0.25) is 0 Å². The van der Waals surface area contributed by atoms with Gasteiger partial charge in [-0.15, -0.1) is 0 Å². The largest absolute Gasteiger partial charge is 0.397 e. The SMILES string of the molecule is CCCc1ccccc1Nc1cc(Br)c(F)cc1N. The molecule has 3 N–H and O–H groups in total. The highest BCUT2D eigenvalue weighted by Gasteiger charge is 2.08. The molecule has 0 fully saturated rings. The van der Waals surface area contributed by atoms with E-state index in [1.54, 1.807) is 6.07 Å². The third kappa shape index (κ3) is 3.26. The first-order valence-electron chi connectivity index (χ1n) is 6.21. The van der Waals surface area contributed by atoms with Gasteiger partial charge in [0.25, 0.3) is 0 Å². The van der Waals surface area contributed by atoms with Crippen molar-refractivity contribution in [3.05, 3.63) is 52.3 Å². The van der Waals surface area contributed by atoms with E-state index in [-0.39, 0.29) is 5.82 Å². The molecule has 2 rings (SSSR count). The lowest BCUT2D eigenvalue weighted by Gasteiger charge is -2.14. The molecule has 2 aromatic rings. The Hall–Kier alpha value is -1.55. The van der Waals surface area contributed by atoms with Crippen LogP contribution in [0, 0.1) is 5.82 Å². The Morgan fingerprint density at radius 3 is 2.68 bits per heavy atom. The molecule has 19 heavy (non-hydrogen) atoms. The summed E-state index contributed by atoms with van der Waals surface area (Å²) < 4.78 is 13.7. The number of rotatable bonds is 4. The highest BCUT2D eigenvalue weighted by Crippen LogP contribution is 2.30. The first kappa shape index (κ1) is 13.9. The molecule has 100 valence electrons. The summed E-state index contributed by atoms with van der Waals surface area (Å²) in [5.74, 6) is -0.357. The molecule has 0 aliphatic carbocycles. The average molecular weight is 323 g/mol. The maximum atomic E-state index is 13.3. The van der Waals surface area contributed by atoms with Crippen LogP contribution in [0.15, 0.2) is 40.9 Å². The number of benzene rings is 2. The Morgan fingerprint density at radius 1 is 1.21 bits per heavy atom. The highest BCUT2D eigenvalue weighted by atomic mass is 79.9. The van der Waals surface area contributed by atoms with Gasteiger partial charge in [0.1, 0.15) is 5.82 Å². The van der Waals surface area contributed by atoms with Gasteiger partial charge in [-0.2, -0.15) is 0 Å². The van der Waals surface area contributed by atoms with Crippen molar-refractivity contribution in [1.82, 2.24) is 0 Å². The molecule has 0 aliphatic rings. The molecule has 2 nitrogen and oxygen atoms in total. The number of halogens is 2. The molecule has 0 saturated carbocycles. The van der Waals surface area contributed by atoms with E-state index in [0.717, 1.165) is 18.5 Å². The lowest BCUT2D eigenvalue weighted by Crippen LogP contribution is -2.00. The second-order valence-corrected chi connectivity index (χ2v) is 5.24. The topological polar surface area (TPSA) is 38.0 Å². The second kappa shape index (κ2) is 6.06. The summed E-state index contributed by atoms with van der Waals surface area (Å²) in [6, 6.07) is 11.0. The Labute approximate surface area is 121 Å². The van der Waals surface area contributed by atoms with E-state index in [9.17, 15) is 4.39 Å². The van der Waals surface area contributed by atoms with E-state index in [1.165, 1.54) is 11.6 Å². The Kier molecular flexibility index (Phi) is 4.43. The van der Waals surface area contributed by atoms with Crippen LogP contribution < -0.4 is 11.1 Å². The van der Waals surface area contributed by atoms with Crippen LogP contribution in [0.1, 0.15) is 18.9 Å². The van der Waals surface area contributed by atoms with Crippen molar-refractivity contribution in [3.63, 3.8) is 0 Å². The standard InChI is InChI=1S/C15H16BrFN2/c1-2-5-10-6-3-4-7-14(10)19-15-8-11(16)12(17)9-13(15)18/h3-4,6-9,19H,2,5,18H2,1H3. The van der Waals surface area contributed by atoms with Crippen molar-refractivity contribution in [2.24, 2.45) is 0 Å². The number of aryl methyl sites for hydroxylation is 1. The minimum absolute atomic E-state index is 0.357. The molecule has 0 unspecified atom stereocenters. The van der Waals surface area contributed by atoms with Crippen molar-refractivity contribution in [2.75, 3.05) is 11.1 Å². The van der Waals surface area contributed by atoms with Gasteiger partial charge in [0.15, 0.2) is 0 Å². The predicted molar refractivity (Wildman–Crippen MR) is 82.2 cm³/mol. The zero-order valence-electron chi connectivity index (χ0n) is 10.7. The smallest absolute Gasteiger partial charge is 0.139 e. The summed E-state index contributed by atoms with van der Waals surface area (Å²) in [4.78, 5) is 0. The van der Waals surface area contributed by atoms with Crippen molar-refractivity contribution in [3.8, 4) is 0 Å². The van der Waals surface area contributed by atoms with E-state index in [0.29, 0.717) is 15.8 Å². The van der Waals surface area contributed by atoms with Crippen LogP contribution in [-0.2, 0) is 6.42 Å². The highest BCUT2D eigenvalue weighted by molar-refractivity contribution is 9.10. The zero-order valence-corrected chi connectivity index (χ0v) is 12.3. The summed E-state index contributed by atoms with van der Waals surface area (Å²) in [5, 5.41) is 3.27. The van der Waals surface area contributed by atoms with Gasteiger partial charge in [0, 0.05) is 11.8 Å². The second-order valence-electron chi connectivity index (χ2n) is 4.39. The number of nitrogens with two attached hydrogens (primary N) is 1. The quantitative estimate of drug-likeness (QED) is 0.788. The van der Waals surface area contributed by atoms with Crippen LogP contribution in [0.25, 0.3) is 0 Å². The zero-order chi connectivity index (χ0) is 13.8. The van der Waals surface area contributed by atoms with Crippen LogP contribution in [0.3, 0.4) is 0 Å². The minimum Gasteiger partial charge on any atom is -0.397 e. The average Bonchev–Trinajstić information content (AvgIpc) is 2.38. The number of para-hydroxylation sites is 1. The lowest BCUT2D eigenvalue weighted by atomic mass is 10.1. The molecule has 0 atom stereocenters. The molecule has 0 aliphatic heterocycles. The number of hydrogen-bond acceptors (Lipinski definition) is 2. The predicted octanol–water partition coefficient (Wildman–Crippen LogP) is 4.87. The summed E-state index contributed by atoms with van der Waals surface area (Å²) in [7, 11) is 0. The fourth-order valence-corrected chi connectivity index (χ4v) is 2.29. The number of nitrogens with one attached hydrogen (secondary N) is 1. The summed E-state index contributed by atoms with van der Waals surface area (Å²) >= 11 is 3.17. The van der Waals surface area contributed by atoms with E-state index >= 15 is 0 Å². The van der Waals surface area contributed by atoms with E-state index < -0.39 is 0 Å². The van der Waals surface area contributed by atoms with Gasteiger partial charge < -0.3 is 11.1 Å². The molecule has 0 saturated heterocycles. The number of anilines is 3. The Balaban J connectivity index is 2.33. The fourth-order valence-electron chi connectivity index (χ4n) is 1.95. The fraction of sp³-hybridized carbons (Fsp3) is 0.200. The third-order valence-corrected chi connectivity index (χ3v) is 3.51. The van der Waals surface area contributed by atoms with Crippen molar-refractivity contribution < 1.29 is 4.39 Å². The van der Waals surface area contributed by atoms with Crippen LogP contribution in [0.2, 0.25) is 0 Å². The number of hydrogen-bond donors (Lipinski definition) is 2. The summed E-state index contributed by atoms with van der Waals surface area (Å²) in [5.41, 5.74) is 9.18. The molecule has 0 bridgehead atoms. The van der Waals surface area contributed by atoms with E-state index in [2.05, 4.69) is 34.2 Å². The molecular weight excluding hydrogens is 307 g/mol. The maximum absolute atomic E-state index is 13.3. The summed E-state index contributed by atoms with van der Waals surface area (Å²) in [6.07, 6.45) is 2.06. The molecular formula is C15H16BrFN2. The maximum Gasteiger partial charge on any atom is 0.139 e. The molecule has 2 aromatic carbocycles. The van der Waals surface area contributed by atoms with Crippen molar-refractivity contribution >= 4 is 33.0 Å². The van der Waals surface area contributed by atoms with Gasteiger partial charge in [0.2, 0.25) is 0 Å². The Bertz CT molecular complexity index is 584. The van der Waals surface area contributed by atoms with Crippen molar-refractivity contribution in [1.29, 1.82) is 0 Å². The minimum atomic E-state index is -0.357. The van der Waals surface area contributed by atoms with E-state index in [4.69, 9.17) is 5.73 Å². The van der Waals surface area contributed by atoms with Crippen molar-refractivity contribution in [2.45, 2.75) is 19.8 Å². The monoisotopic (exact) mass is 322 g/mol. The van der Waals surface area contributed by atoms with Gasteiger partial charge in [-0.1, -0.05) is 31.5 Å². The van der Waals surface area contributed by atoms with E-state index in [1.807, 2.05) is 18.2 Å². The molecule has 0 aromatic heterocycles. The van der Waals surface area contributed by atoms with Crippen LogP contribution in [0.5, 0.6) is 0 Å².